The fraction of sp³-hybridized carbons (Fsp3) is 0.400. The van der Waals surface area contributed by atoms with Crippen LogP contribution >= 0.6 is 0 Å². The van der Waals surface area contributed by atoms with E-state index in [1.807, 2.05) is 0 Å². The van der Waals surface area contributed by atoms with Crippen LogP contribution in [0.15, 0.2) is 48.5 Å². The van der Waals surface area contributed by atoms with Crippen molar-refractivity contribution in [2.24, 2.45) is 0 Å². The van der Waals surface area contributed by atoms with Crippen LogP contribution in [-0.4, -0.2) is 6.54 Å². The second-order valence-electron chi connectivity index (χ2n) is 7.18. The first kappa shape index (κ1) is 14.3. The standard InChI is InChI=1S/C20H25N/c1-20(2,3)18-10-8-15(9-11-18)12-17-14-21-13-16-6-4-5-7-19(16)17/h4-11,17,21H,12-14H2,1-3H3. The molecule has 1 nitrogen and oxygen atoms in total. The molecule has 1 aliphatic heterocycles. The first-order chi connectivity index (χ1) is 10.0. The van der Waals surface area contributed by atoms with Gasteiger partial charge in [-0.25, -0.2) is 0 Å². The Kier molecular flexibility index (Phi) is 3.86. The highest BCUT2D eigenvalue weighted by Crippen LogP contribution is 2.28. The zero-order valence-corrected chi connectivity index (χ0v) is 13.3. The van der Waals surface area contributed by atoms with Crippen molar-refractivity contribution in [1.29, 1.82) is 0 Å². The van der Waals surface area contributed by atoms with Gasteiger partial charge in [-0.3, -0.25) is 0 Å². The lowest BCUT2D eigenvalue weighted by atomic mass is 9.84. The minimum Gasteiger partial charge on any atom is -0.312 e. The van der Waals surface area contributed by atoms with Gasteiger partial charge in [0.1, 0.15) is 0 Å². The van der Waals surface area contributed by atoms with Crippen LogP contribution < -0.4 is 5.32 Å². The molecule has 0 aliphatic carbocycles. The summed E-state index contributed by atoms with van der Waals surface area (Å²) in [6.45, 7) is 8.89. The van der Waals surface area contributed by atoms with E-state index in [1.54, 1.807) is 0 Å². The predicted molar refractivity (Wildman–Crippen MR) is 89.7 cm³/mol. The number of benzene rings is 2. The Bertz CT molecular complexity index is 604. The lowest BCUT2D eigenvalue weighted by molar-refractivity contribution is 0.538. The Balaban J connectivity index is 1.79. The summed E-state index contributed by atoms with van der Waals surface area (Å²) in [5.74, 6) is 0.593. The molecule has 1 atom stereocenters. The van der Waals surface area contributed by atoms with E-state index < -0.39 is 0 Å². The first-order valence-electron chi connectivity index (χ1n) is 7.92. The summed E-state index contributed by atoms with van der Waals surface area (Å²) in [7, 11) is 0. The molecule has 1 heterocycles. The number of hydrogen-bond acceptors (Lipinski definition) is 1. The fourth-order valence-electron chi connectivity index (χ4n) is 3.19. The Morgan fingerprint density at radius 3 is 2.43 bits per heavy atom. The molecule has 3 rings (SSSR count). The van der Waals surface area contributed by atoms with Gasteiger partial charge < -0.3 is 5.32 Å². The van der Waals surface area contributed by atoms with Crippen molar-refractivity contribution in [1.82, 2.24) is 5.32 Å². The molecule has 2 aromatic carbocycles. The van der Waals surface area contributed by atoms with Gasteiger partial charge in [0.2, 0.25) is 0 Å². The smallest absolute Gasteiger partial charge is 0.0208 e. The van der Waals surface area contributed by atoms with Crippen LogP contribution in [0, 0.1) is 0 Å². The maximum Gasteiger partial charge on any atom is 0.0208 e. The zero-order valence-electron chi connectivity index (χ0n) is 13.3. The molecule has 0 saturated heterocycles. The normalized spacial score (nSPS) is 18.3. The summed E-state index contributed by atoms with van der Waals surface area (Å²) < 4.78 is 0. The van der Waals surface area contributed by atoms with Crippen molar-refractivity contribution >= 4 is 0 Å². The molecule has 0 spiro atoms. The summed E-state index contributed by atoms with van der Waals surface area (Å²) in [6.07, 6.45) is 1.12. The molecule has 0 bridgehead atoms. The Labute approximate surface area is 128 Å². The molecule has 1 aliphatic rings. The van der Waals surface area contributed by atoms with Gasteiger partial charge in [0, 0.05) is 19.0 Å². The summed E-state index contributed by atoms with van der Waals surface area (Å²) in [4.78, 5) is 0. The molecule has 0 amide bonds. The maximum atomic E-state index is 3.55. The molecule has 1 unspecified atom stereocenters. The van der Waals surface area contributed by atoms with E-state index in [2.05, 4.69) is 74.6 Å². The molecule has 110 valence electrons. The second-order valence-corrected chi connectivity index (χ2v) is 7.18. The molecule has 0 fully saturated rings. The van der Waals surface area contributed by atoms with Crippen molar-refractivity contribution in [2.75, 3.05) is 6.54 Å². The van der Waals surface area contributed by atoms with Gasteiger partial charge >= 0.3 is 0 Å². The largest absolute Gasteiger partial charge is 0.312 e. The third kappa shape index (κ3) is 3.19. The van der Waals surface area contributed by atoms with E-state index >= 15 is 0 Å². The molecule has 0 aromatic heterocycles. The highest BCUT2D eigenvalue weighted by atomic mass is 14.9. The van der Waals surface area contributed by atoms with E-state index in [-0.39, 0.29) is 5.41 Å². The molecule has 0 saturated carbocycles. The Morgan fingerprint density at radius 2 is 1.71 bits per heavy atom. The number of rotatable bonds is 2. The average molecular weight is 279 g/mol. The molecular formula is C20H25N. The maximum absolute atomic E-state index is 3.55. The Morgan fingerprint density at radius 1 is 1.00 bits per heavy atom. The SMILES string of the molecule is CC(C)(C)c1ccc(CC2CNCc3ccccc32)cc1. The fourth-order valence-corrected chi connectivity index (χ4v) is 3.19. The lowest BCUT2D eigenvalue weighted by Gasteiger charge is -2.27. The monoisotopic (exact) mass is 279 g/mol. The summed E-state index contributed by atoms with van der Waals surface area (Å²) in [5.41, 5.74) is 6.06. The van der Waals surface area contributed by atoms with Crippen LogP contribution in [0.5, 0.6) is 0 Å². The molecule has 21 heavy (non-hydrogen) atoms. The molecule has 0 radical (unpaired) electrons. The molecule has 2 aromatic rings. The number of nitrogens with one attached hydrogen (secondary N) is 1. The van der Waals surface area contributed by atoms with Gasteiger partial charge in [0.15, 0.2) is 0 Å². The molecular weight excluding hydrogens is 254 g/mol. The van der Waals surface area contributed by atoms with E-state index in [4.69, 9.17) is 0 Å². The predicted octanol–water partition coefficient (Wildman–Crippen LogP) is 4.41. The molecule has 1 heteroatoms. The average Bonchev–Trinajstić information content (AvgIpc) is 2.47. The lowest BCUT2D eigenvalue weighted by Crippen LogP contribution is -2.29. The topological polar surface area (TPSA) is 12.0 Å². The minimum atomic E-state index is 0.234. The van der Waals surface area contributed by atoms with Crippen molar-refractivity contribution in [2.45, 2.75) is 45.1 Å². The van der Waals surface area contributed by atoms with Gasteiger partial charge in [-0.2, -0.15) is 0 Å². The van der Waals surface area contributed by atoms with E-state index in [0.717, 1.165) is 19.5 Å². The van der Waals surface area contributed by atoms with E-state index in [9.17, 15) is 0 Å². The van der Waals surface area contributed by atoms with Crippen LogP contribution in [0.1, 0.15) is 48.9 Å². The van der Waals surface area contributed by atoms with Gasteiger partial charge in [-0.05, 0) is 34.1 Å². The minimum absolute atomic E-state index is 0.234. The van der Waals surface area contributed by atoms with Gasteiger partial charge in [0.25, 0.3) is 0 Å². The van der Waals surface area contributed by atoms with Crippen molar-refractivity contribution in [3.8, 4) is 0 Å². The van der Waals surface area contributed by atoms with Crippen molar-refractivity contribution in [3.63, 3.8) is 0 Å². The number of fused-ring (bicyclic) bond motifs is 1. The van der Waals surface area contributed by atoms with Gasteiger partial charge in [-0.15, -0.1) is 0 Å². The summed E-state index contributed by atoms with van der Waals surface area (Å²) >= 11 is 0. The highest BCUT2D eigenvalue weighted by Gasteiger charge is 2.20. The number of hydrogen-bond donors (Lipinski definition) is 1. The Hall–Kier alpha value is -1.60. The third-order valence-corrected chi connectivity index (χ3v) is 4.50. The van der Waals surface area contributed by atoms with Crippen LogP contribution in [0.3, 0.4) is 0 Å². The second kappa shape index (κ2) is 5.65. The van der Waals surface area contributed by atoms with Crippen LogP contribution in [-0.2, 0) is 18.4 Å². The van der Waals surface area contributed by atoms with E-state index in [0.29, 0.717) is 5.92 Å². The van der Waals surface area contributed by atoms with Gasteiger partial charge in [-0.1, -0.05) is 69.3 Å². The van der Waals surface area contributed by atoms with Crippen molar-refractivity contribution < 1.29 is 0 Å². The van der Waals surface area contributed by atoms with Crippen molar-refractivity contribution in [3.05, 3.63) is 70.8 Å². The zero-order chi connectivity index (χ0) is 14.9. The molecule has 1 N–H and O–H groups in total. The van der Waals surface area contributed by atoms with Gasteiger partial charge in [0.05, 0.1) is 0 Å². The summed E-state index contributed by atoms with van der Waals surface area (Å²) in [5, 5.41) is 3.55. The quantitative estimate of drug-likeness (QED) is 0.858. The summed E-state index contributed by atoms with van der Waals surface area (Å²) in [6, 6.07) is 18.0. The third-order valence-electron chi connectivity index (χ3n) is 4.50. The van der Waals surface area contributed by atoms with Crippen LogP contribution in [0.2, 0.25) is 0 Å². The van der Waals surface area contributed by atoms with E-state index in [1.165, 1.54) is 22.3 Å². The van der Waals surface area contributed by atoms with Crippen LogP contribution in [0.4, 0.5) is 0 Å². The van der Waals surface area contributed by atoms with Crippen LogP contribution in [0.25, 0.3) is 0 Å². The first-order valence-corrected chi connectivity index (χ1v) is 7.92. The highest BCUT2D eigenvalue weighted by molar-refractivity contribution is 5.35.